The van der Waals surface area contributed by atoms with Crippen LogP contribution in [0.25, 0.3) is 0 Å². The van der Waals surface area contributed by atoms with E-state index in [4.69, 9.17) is 35.3 Å². The zero-order chi connectivity index (χ0) is 24.4. The molecule has 2 aromatic rings. The maximum absolute atomic E-state index is 12.5. The van der Waals surface area contributed by atoms with Gasteiger partial charge in [-0.05, 0) is 47.5 Å². The maximum atomic E-state index is 12.5. The van der Waals surface area contributed by atoms with Gasteiger partial charge in [0.25, 0.3) is 5.91 Å². The summed E-state index contributed by atoms with van der Waals surface area (Å²) in [5.41, 5.74) is 14.9. The molecule has 0 radical (unpaired) electrons. The maximum Gasteiger partial charge on any atom is 0.257 e. The second-order valence-electron chi connectivity index (χ2n) is 8.93. The Kier molecular flexibility index (Phi) is 6.95. The van der Waals surface area contributed by atoms with Crippen molar-refractivity contribution in [2.75, 3.05) is 11.1 Å². The lowest BCUT2D eigenvalue weighted by Gasteiger charge is -2.32. The first-order chi connectivity index (χ1) is 15.4. The van der Waals surface area contributed by atoms with Crippen LogP contribution in [0.4, 0.5) is 11.4 Å². The molecule has 0 saturated carbocycles. The lowest BCUT2D eigenvalue weighted by atomic mass is 9.81. The summed E-state index contributed by atoms with van der Waals surface area (Å²) in [4.78, 5) is 23.3. The van der Waals surface area contributed by atoms with E-state index < -0.39 is 16.7 Å². The first-order valence-electron chi connectivity index (χ1n) is 10.4. The topological polar surface area (TPSA) is 110 Å². The number of primary amides is 1. The number of hydrogen-bond acceptors (Lipinski definition) is 4. The summed E-state index contributed by atoms with van der Waals surface area (Å²) in [6.07, 6.45) is 6.81. The Balaban J connectivity index is 1.70. The fourth-order valence-electron chi connectivity index (χ4n) is 3.62. The molecule has 1 aliphatic rings. The molecule has 2 amide bonds. The van der Waals surface area contributed by atoms with Gasteiger partial charge in [0.05, 0.1) is 5.92 Å². The molecule has 33 heavy (non-hydrogen) atoms. The van der Waals surface area contributed by atoms with Crippen LogP contribution in [0.2, 0.25) is 0 Å². The summed E-state index contributed by atoms with van der Waals surface area (Å²) >= 11 is 12.1. The fraction of sp³-hybridized carbons (Fsp3) is 0.240. The molecule has 0 aromatic heterocycles. The number of alkyl halides is 1. The Bertz CT molecular complexity index is 1150. The molecule has 6 nitrogen and oxygen atoms in total. The van der Waals surface area contributed by atoms with E-state index in [9.17, 15) is 9.59 Å². The van der Waals surface area contributed by atoms with Gasteiger partial charge in [-0.1, -0.05) is 63.3 Å². The number of allylic oxidation sites excluding steroid dienone is 3. The average Bonchev–Trinajstić information content (AvgIpc) is 2.73. The molecular formula is C25H27ClN4O2S. The third-order valence-electron chi connectivity index (χ3n) is 5.48. The molecular weight excluding hydrogens is 456 g/mol. The van der Waals surface area contributed by atoms with Crippen molar-refractivity contribution in [2.24, 2.45) is 11.7 Å². The van der Waals surface area contributed by atoms with E-state index in [1.54, 1.807) is 54.6 Å². The second kappa shape index (κ2) is 9.37. The van der Waals surface area contributed by atoms with Gasteiger partial charge in [-0.15, -0.1) is 11.6 Å². The highest BCUT2D eigenvalue weighted by molar-refractivity contribution is 7.80. The summed E-state index contributed by atoms with van der Waals surface area (Å²) in [7, 11) is 0. The highest BCUT2D eigenvalue weighted by Crippen LogP contribution is 2.44. The number of carbonyl (C=O) groups excluding carboxylic acids is 2. The second-order valence-corrected chi connectivity index (χ2v) is 9.96. The van der Waals surface area contributed by atoms with Gasteiger partial charge in [0.2, 0.25) is 5.91 Å². The standard InChI is InChI=1S/C25H27ClN4O2S/c1-24(2,3)16-9-7-15(8-10-16)22(32)30-23(33)29-17-11-12-18(20(27)14-17)25(26)13-5-4-6-19(25)21(28)31/h4-14,19H,27H2,1-3H3,(H2,28,31)(H2,29,30,32,33). The van der Waals surface area contributed by atoms with Gasteiger partial charge in [0, 0.05) is 22.5 Å². The van der Waals surface area contributed by atoms with Crippen molar-refractivity contribution >= 4 is 52.1 Å². The van der Waals surface area contributed by atoms with Gasteiger partial charge in [-0.25, -0.2) is 0 Å². The number of amides is 2. The minimum atomic E-state index is -1.18. The first-order valence-corrected chi connectivity index (χ1v) is 11.2. The zero-order valence-corrected chi connectivity index (χ0v) is 20.3. The zero-order valence-electron chi connectivity index (χ0n) is 18.7. The van der Waals surface area contributed by atoms with Crippen molar-refractivity contribution < 1.29 is 9.59 Å². The van der Waals surface area contributed by atoms with Crippen molar-refractivity contribution in [2.45, 2.75) is 31.1 Å². The highest BCUT2D eigenvalue weighted by atomic mass is 35.5. The van der Waals surface area contributed by atoms with Crippen LogP contribution in [0, 0.1) is 5.92 Å². The number of thiocarbonyl (C=S) groups is 1. The van der Waals surface area contributed by atoms with Crippen LogP contribution >= 0.6 is 23.8 Å². The van der Waals surface area contributed by atoms with Crippen LogP contribution in [0.15, 0.2) is 66.8 Å². The minimum absolute atomic E-state index is 0.000724. The predicted octanol–water partition coefficient (Wildman–Crippen LogP) is 4.35. The van der Waals surface area contributed by atoms with Crippen molar-refractivity contribution in [3.05, 3.63) is 83.5 Å². The Labute approximate surface area is 204 Å². The lowest BCUT2D eigenvalue weighted by molar-refractivity contribution is -0.121. The molecule has 0 bridgehead atoms. The molecule has 172 valence electrons. The van der Waals surface area contributed by atoms with Crippen LogP contribution in [-0.4, -0.2) is 16.9 Å². The molecule has 2 atom stereocenters. The molecule has 0 heterocycles. The number of benzene rings is 2. The fourth-order valence-corrected chi connectivity index (χ4v) is 4.26. The number of nitrogen functional groups attached to an aromatic ring is 1. The van der Waals surface area contributed by atoms with Crippen LogP contribution < -0.4 is 22.1 Å². The largest absolute Gasteiger partial charge is 0.398 e. The third-order valence-corrected chi connectivity index (χ3v) is 6.24. The number of rotatable bonds is 4. The number of halogens is 1. The first kappa shape index (κ1) is 24.5. The molecule has 8 heteroatoms. The van der Waals surface area contributed by atoms with Gasteiger partial charge >= 0.3 is 0 Å². The highest BCUT2D eigenvalue weighted by Gasteiger charge is 2.41. The molecule has 0 fully saturated rings. The normalized spacial score (nSPS) is 19.7. The number of anilines is 2. The monoisotopic (exact) mass is 482 g/mol. The predicted molar refractivity (Wildman–Crippen MR) is 138 cm³/mol. The van der Waals surface area contributed by atoms with Gasteiger partial charge < -0.3 is 16.8 Å². The molecule has 3 rings (SSSR count). The Morgan fingerprint density at radius 1 is 1.09 bits per heavy atom. The number of nitrogens with two attached hydrogens (primary N) is 2. The van der Waals surface area contributed by atoms with Crippen LogP contribution in [0.5, 0.6) is 0 Å². The SMILES string of the molecule is CC(C)(C)c1ccc(C(=O)NC(=S)Nc2ccc(C3(Cl)C=CC=CC3C(N)=O)c(N)c2)cc1. The van der Waals surface area contributed by atoms with Crippen molar-refractivity contribution in [3.63, 3.8) is 0 Å². The van der Waals surface area contributed by atoms with Crippen LogP contribution in [0.1, 0.15) is 42.3 Å². The summed E-state index contributed by atoms with van der Waals surface area (Å²) in [6, 6.07) is 12.5. The van der Waals surface area contributed by atoms with Gasteiger partial charge in [0.15, 0.2) is 5.11 Å². The van der Waals surface area contributed by atoms with Crippen molar-refractivity contribution in [1.29, 1.82) is 0 Å². The quantitative estimate of drug-likeness (QED) is 0.294. The minimum Gasteiger partial charge on any atom is -0.398 e. The van der Waals surface area contributed by atoms with E-state index in [0.717, 1.165) is 5.56 Å². The Hall–Kier alpha value is -3.16. The lowest BCUT2D eigenvalue weighted by Crippen LogP contribution is -2.38. The van der Waals surface area contributed by atoms with E-state index in [1.165, 1.54) is 0 Å². The van der Waals surface area contributed by atoms with E-state index >= 15 is 0 Å². The molecule has 2 unspecified atom stereocenters. The Morgan fingerprint density at radius 2 is 1.76 bits per heavy atom. The van der Waals surface area contributed by atoms with E-state index in [0.29, 0.717) is 22.5 Å². The number of carbonyl (C=O) groups is 2. The molecule has 2 aromatic carbocycles. The summed E-state index contributed by atoms with van der Waals surface area (Å²) < 4.78 is 0. The van der Waals surface area contributed by atoms with Crippen molar-refractivity contribution in [3.8, 4) is 0 Å². The van der Waals surface area contributed by atoms with E-state index in [2.05, 4.69) is 31.4 Å². The van der Waals surface area contributed by atoms with E-state index in [-0.39, 0.29) is 16.4 Å². The van der Waals surface area contributed by atoms with Crippen LogP contribution in [-0.2, 0) is 15.1 Å². The molecule has 6 N–H and O–H groups in total. The van der Waals surface area contributed by atoms with Gasteiger partial charge in [0.1, 0.15) is 4.87 Å². The van der Waals surface area contributed by atoms with Crippen LogP contribution in [0.3, 0.4) is 0 Å². The third kappa shape index (κ3) is 5.43. The summed E-state index contributed by atoms with van der Waals surface area (Å²) in [6.45, 7) is 6.33. The van der Waals surface area contributed by atoms with Crippen molar-refractivity contribution in [1.82, 2.24) is 5.32 Å². The number of nitrogens with one attached hydrogen (secondary N) is 2. The summed E-state index contributed by atoms with van der Waals surface area (Å²) in [5.74, 6) is -1.61. The molecule has 0 saturated heterocycles. The van der Waals surface area contributed by atoms with Gasteiger partial charge in [-0.2, -0.15) is 0 Å². The molecule has 0 spiro atoms. The molecule has 1 aliphatic carbocycles. The smallest absolute Gasteiger partial charge is 0.257 e. The average molecular weight is 483 g/mol. The number of hydrogen-bond donors (Lipinski definition) is 4. The van der Waals surface area contributed by atoms with E-state index in [1.807, 2.05) is 12.1 Å². The van der Waals surface area contributed by atoms with Gasteiger partial charge in [-0.3, -0.25) is 14.9 Å². The Morgan fingerprint density at radius 3 is 2.33 bits per heavy atom. The molecule has 0 aliphatic heterocycles. The summed E-state index contributed by atoms with van der Waals surface area (Å²) in [5, 5.41) is 5.74.